The maximum Gasteiger partial charge on any atom is 0.336 e. The lowest BCUT2D eigenvalue weighted by molar-refractivity contribution is 0.384. The van der Waals surface area contributed by atoms with E-state index in [1.165, 1.54) is 12.1 Å². The Kier molecular flexibility index (Phi) is 2.92. The third-order valence-corrected chi connectivity index (χ3v) is 2.50. The van der Waals surface area contributed by atoms with Gasteiger partial charge in [0.2, 0.25) is 11.7 Å². The summed E-state index contributed by atoms with van der Waals surface area (Å²) >= 11 is 5.50. The van der Waals surface area contributed by atoms with E-state index in [-0.39, 0.29) is 9.59 Å². The molecule has 1 aromatic heterocycles. The largest absolute Gasteiger partial charge is 0.492 e. The van der Waals surface area contributed by atoms with Gasteiger partial charge in [0.25, 0.3) is 5.56 Å². The summed E-state index contributed by atoms with van der Waals surface area (Å²) < 4.78 is 27.1. The Labute approximate surface area is 103 Å². The van der Waals surface area contributed by atoms with Crippen LogP contribution in [0.1, 0.15) is 0 Å². The van der Waals surface area contributed by atoms with Crippen LogP contribution in [0.5, 0.6) is 5.88 Å². The van der Waals surface area contributed by atoms with Gasteiger partial charge in [0.1, 0.15) is 0 Å². The summed E-state index contributed by atoms with van der Waals surface area (Å²) in [5.74, 6) is -3.90. The first-order valence-electron chi connectivity index (χ1n) is 4.61. The van der Waals surface area contributed by atoms with Crippen LogP contribution >= 0.6 is 11.6 Å². The monoisotopic (exact) mass is 274 g/mol. The zero-order valence-electron chi connectivity index (χ0n) is 8.58. The zero-order valence-corrected chi connectivity index (χ0v) is 9.33. The number of benzene rings is 1. The SMILES string of the molecule is O=c1[nH]c(=O)n(-c2cccc(Cl)c2F)c(O)c1F. The Bertz CT molecular complexity index is 739. The molecule has 2 N–H and O–H groups in total. The topological polar surface area (TPSA) is 75.1 Å². The van der Waals surface area contributed by atoms with Gasteiger partial charge in [0.15, 0.2) is 5.82 Å². The first kappa shape index (κ1) is 12.3. The number of hydrogen-bond donors (Lipinski definition) is 2. The van der Waals surface area contributed by atoms with Crippen LogP contribution in [0.3, 0.4) is 0 Å². The second-order valence-electron chi connectivity index (χ2n) is 3.31. The maximum absolute atomic E-state index is 13.7. The second kappa shape index (κ2) is 4.26. The fourth-order valence-corrected chi connectivity index (χ4v) is 1.56. The molecule has 0 aliphatic heterocycles. The van der Waals surface area contributed by atoms with Crippen molar-refractivity contribution in [3.05, 3.63) is 55.7 Å². The summed E-state index contributed by atoms with van der Waals surface area (Å²) in [6, 6.07) is 3.61. The zero-order chi connectivity index (χ0) is 13.4. The highest BCUT2D eigenvalue weighted by Gasteiger charge is 2.18. The summed E-state index contributed by atoms with van der Waals surface area (Å²) in [5.41, 5.74) is -3.04. The quantitative estimate of drug-likeness (QED) is 0.819. The van der Waals surface area contributed by atoms with Gasteiger partial charge >= 0.3 is 5.69 Å². The molecule has 5 nitrogen and oxygen atoms in total. The molecule has 0 fully saturated rings. The van der Waals surface area contributed by atoms with Gasteiger partial charge < -0.3 is 5.11 Å². The normalized spacial score (nSPS) is 10.6. The highest BCUT2D eigenvalue weighted by Crippen LogP contribution is 2.23. The highest BCUT2D eigenvalue weighted by atomic mass is 35.5. The molecular weight excluding hydrogens is 270 g/mol. The molecule has 1 heterocycles. The second-order valence-corrected chi connectivity index (χ2v) is 3.71. The Morgan fingerprint density at radius 1 is 1.22 bits per heavy atom. The van der Waals surface area contributed by atoms with E-state index in [4.69, 9.17) is 11.6 Å². The molecule has 2 rings (SSSR count). The number of aromatic nitrogens is 2. The standard InChI is InChI=1S/C10H5ClF2N2O3/c11-4-2-1-3-5(6(4)12)15-9(17)7(13)8(16)14-10(15)18/h1-3,17H,(H,14,16,18). The molecule has 0 aliphatic carbocycles. The van der Waals surface area contributed by atoms with Crippen molar-refractivity contribution in [2.75, 3.05) is 0 Å². The van der Waals surface area contributed by atoms with Crippen molar-refractivity contribution in [3.8, 4) is 11.6 Å². The molecule has 0 unspecified atom stereocenters. The van der Waals surface area contributed by atoms with Crippen LogP contribution < -0.4 is 11.2 Å². The van der Waals surface area contributed by atoms with Crippen LogP contribution in [0.25, 0.3) is 5.69 Å². The van der Waals surface area contributed by atoms with Gasteiger partial charge in [-0.2, -0.15) is 4.39 Å². The van der Waals surface area contributed by atoms with Crippen LogP contribution in [0.2, 0.25) is 5.02 Å². The smallest absolute Gasteiger partial charge is 0.336 e. The molecule has 0 saturated carbocycles. The molecule has 0 atom stereocenters. The predicted octanol–water partition coefficient (Wildman–Crippen LogP) is 1.16. The first-order chi connectivity index (χ1) is 8.43. The van der Waals surface area contributed by atoms with Gasteiger partial charge in [0, 0.05) is 0 Å². The third kappa shape index (κ3) is 1.78. The van der Waals surface area contributed by atoms with Gasteiger partial charge in [-0.3, -0.25) is 9.78 Å². The lowest BCUT2D eigenvalue weighted by Gasteiger charge is -2.09. The fourth-order valence-electron chi connectivity index (χ4n) is 1.39. The van der Waals surface area contributed by atoms with E-state index < -0.39 is 34.5 Å². The van der Waals surface area contributed by atoms with Crippen molar-refractivity contribution < 1.29 is 13.9 Å². The van der Waals surface area contributed by atoms with Gasteiger partial charge in [-0.15, -0.1) is 0 Å². The molecule has 0 saturated heterocycles. The average molecular weight is 275 g/mol. The van der Waals surface area contributed by atoms with E-state index in [1.807, 2.05) is 0 Å². The lowest BCUT2D eigenvalue weighted by atomic mass is 10.3. The summed E-state index contributed by atoms with van der Waals surface area (Å²) in [6.07, 6.45) is 0. The molecule has 94 valence electrons. The minimum absolute atomic E-state index is 0.276. The molecule has 18 heavy (non-hydrogen) atoms. The average Bonchev–Trinajstić information content (AvgIpc) is 2.32. The number of nitrogens with zero attached hydrogens (tertiary/aromatic N) is 1. The van der Waals surface area contributed by atoms with E-state index in [9.17, 15) is 23.5 Å². The summed E-state index contributed by atoms with van der Waals surface area (Å²) in [4.78, 5) is 23.9. The van der Waals surface area contributed by atoms with Crippen LogP contribution in [-0.4, -0.2) is 14.7 Å². The van der Waals surface area contributed by atoms with Crippen molar-refractivity contribution in [1.82, 2.24) is 9.55 Å². The number of halogens is 3. The maximum atomic E-state index is 13.7. The lowest BCUT2D eigenvalue weighted by Crippen LogP contribution is -2.31. The van der Waals surface area contributed by atoms with Crippen LogP contribution in [0.4, 0.5) is 8.78 Å². The van der Waals surface area contributed by atoms with Crippen LogP contribution in [-0.2, 0) is 0 Å². The van der Waals surface area contributed by atoms with Crippen LogP contribution in [0, 0.1) is 11.6 Å². The predicted molar refractivity (Wildman–Crippen MR) is 59.3 cm³/mol. The third-order valence-electron chi connectivity index (χ3n) is 2.20. The molecule has 8 heteroatoms. The van der Waals surface area contributed by atoms with E-state index in [2.05, 4.69) is 0 Å². The summed E-state index contributed by atoms with van der Waals surface area (Å²) in [7, 11) is 0. The number of aromatic hydroxyl groups is 1. The molecule has 0 bridgehead atoms. The van der Waals surface area contributed by atoms with Crippen molar-refractivity contribution in [2.24, 2.45) is 0 Å². The molecule has 0 spiro atoms. The molecule has 1 aromatic carbocycles. The number of rotatable bonds is 1. The van der Waals surface area contributed by atoms with E-state index >= 15 is 0 Å². The van der Waals surface area contributed by atoms with E-state index in [0.717, 1.165) is 6.07 Å². The Morgan fingerprint density at radius 2 is 1.89 bits per heavy atom. The molecule has 0 aliphatic rings. The van der Waals surface area contributed by atoms with Crippen molar-refractivity contribution in [1.29, 1.82) is 0 Å². The fraction of sp³-hybridized carbons (Fsp3) is 0. The number of H-pyrrole nitrogens is 1. The molecule has 0 amide bonds. The molecule has 0 radical (unpaired) electrons. The van der Waals surface area contributed by atoms with E-state index in [0.29, 0.717) is 0 Å². The molecule has 2 aromatic rings. The van der Waals surface area contributed by atoms with Gasteiger partial charge in [-0.05, 0) is 12.1 Å². The van der Waals surface area contributed by atoms with Crippen molar-refractivity contribution >= 4 is 11.6 Å². The highest BCUT2D eigenvalue weighted by molar-refractivity contribution is 6.30. The van der Waals surface area contributed by atoms with Crippen molar-refractivity contribution in [3.63, 3.8) is 0 Å². The number of hydrogen-bond acceptors (Lipinski definition) is 3. The summed E-state index contributed by atoms with van der Waals surface area (Å²) in [6.45, 7) is 0. The van der Waals surface area contributed by atoms with Crippen molar-refractivity contribution in [2.45, 2.75) is 0 Å². The first-order valence-corrected chi connectivity index (χ1v) is 4.99. The van der Waals surface area contributed by atoms with E-state index in [1.54, 1.807) is 4.98 Å². The van der Waals surface area contributed by atoms with Gasteiger partial charge in [0.05, 0.1) is 10.7 Å². The Balaban J connectivity index is 2.88. The number of nitrogens with one attached hydrogen (secondary N) is 1. The minimum Gasteiger partial charge on any atom is -0.492 e. The molecular formula is C10H5ClF2N2O3. The van der Waals surface area contributed by atoms with Crippen LogP contribution in [0.15, 0.2) is 27.8 Å². The Morgan fingerprint density at radius 3 is 2.56 bits per heavy atom. The number of aromatic amines is 1. The van der Waals surface area contributed by atoms with Gasteiger partial charge in [-0.25, -0.2) is 13.8 Å². The van der Waals surface area contributed by atoms with Gasteiger partial charge in [-0.1, -0.05) is 17.7 Å². The minimum atomic E-state index is -1.59. The Hall–Kier alpha value is -2.15. The summed E-state index contributed by atoms with van der Waals surface area (Å²) in [5, 5.41) is 9.07.